The lowest BCUT2D eigenvalue weighted by Crippen LogP contribution is -2.30. The van der Waals surface area contributed by atoms with Crippen molar-refractivity contribution in [2.45, 2.75) is 44.4 Å². The van der Waals surface area contributed by atoms with Gasteiger partial charge in [0.05, 0.1) is 6.26 Å². The van der Waals surface area contributed by atoms with Gasteiger partial charge in [-0.25, -0.2) is 4.39 Å². The van der Waals surface area contributed by atoms with Crippen molar-refractivity contribution in [2.24, 2.45) is 11.8 Å². The molecule has 1 saturated carbocycles. The zero-order chi connectivity index (χ0) is 18.0. The molecule has 0 aromatic heterocycles. The number of halogens is 2. The summed E-state index contributed by atoms with van der Waals surface area (Å²) in [6.07, 6.45) is 3.14. The van der Waals surface area contributed by atoms with Gasteiger partial charge < -0.3 is 14.2 Å². The van der Waals surface area contributed by atoms with Gasteiger partial charge in [-0.05, 0) is 60.9 Å². The van der Waals surface area contributed by atoms with Crippen molar-refractivity contribution in [2.75, 3.05) is 0 Å². The molecular weight excluding hydrogens is 355 g/mol. The molecule has 0 spiro atoms. The number of hydrogen-bond acceptors (Lipinski definition) is 3. The van der Waals surface area contributed by atoms with E-state index in [1.165, 1.54) is 24.3 Å². The quantitative estimate of drug-likeness (QED) is 0.726. The molecule has 2 aliphatic heterocycles. The van der Waals surface area contributed by atoms with Crippen molar-refractivity contribution in [3.8, 4) is 0 Å². The van der Waals surface area contributed by atoms with Crippen LogP contribution in [0.2, 0.25) is 5.02 Å². The van der Waals surface area contributed by atoms with E-state index in [1.54, 1.807) is 0 Å². The molecule has 0 amide bonds. The van der Waals surface area contributed by atoms with Crippen LogP contribution in [0.4, 0.5) is 4.39 Å². The fraction of sp³-hybridized carbons (Fsp3) is 0.429. The third-order valence-corrected chi connectivity index (χ3v) is 6.32. The molecule has 5 heteroatoms. The highest BCUT2D eigenvalue weighted by Crippen LogP contribution is 2.59. The van der Waals surface area contributed by atoms with E-state index in [9.17, 15) is 4.39 Å². The number of fused-ring (bicyclic) bond motifs is 8. The number of hydrogen-bond donors (Lipinski definition) is 0. The van der Waals surface area contributed by atoms with Crippen molar-refractivity contribution >= 4 is 11.6 Å². The summed E-state index contributed by atoms with van der Waals surface area (Å²) in [6.45, 7) is 5.48. The minimum absolute atomic E-state index is 0.0890. The zero-order valence-electron chi connectivity index (χ0n) is 14.5. The third kappa shape index (κ3) is 2.35. The Bertz CT molecular complexity index is 844. The number of rotatable bonds is 2. The Labute approximate surface area is 157 Å². The van der Waals surface area contributed by atoms with E-state index in [1.807, 2.05) is 12.1 Å². The highest BCUT2D eigenvalue weighted by atomic mass is 35.5. The van der Waals surface area contributed by atoms with Gasteiger partial charge in [0.1, 0.15) is 11.9 Å². The lowest BCUT2D eigenvalue weighted by atomic mass is 9.80. The van der Waals surface area contributed by atoms with Gasteiger partial charge in [0.15, 0.2) is 6.36 Å². The van der Waals surface area contributed by atoms with E-state index in [0.717, 1.165) is 29.0 Å². The van der Waals surface area contributed by atoms with E-state index in [2.05, 4.69) is 18.7 Å². The average molecular weight is 375 g/mol. The van der Waals surface area contributed by atoms with Gasteiger partial charge >= 0.3 is 0 Å². The molecule has 2 aliphatic carbocycles. The van der Waals surface area contributed by atoms with Crippen molar-refractivity contribution in [3.63, 3.8) is 0 Å². The zero-order valence-corrected chi connectivity index (χ0v) is 15.2. The van der Waals surface area contributed by atoms with E-state index < -0.39 is 12.6 Å². The Hall–Kier alpha value is -1.78. The molecule has 0 radical (unpaired) electrons. The molecule has 1 aromatic carbocycles. The summed E-state index contributed by atoms with van der Waals surface area (Å²) in [4.78, 5) is 0. The lowest BCUT2D eigenvalue weighted by Gasteiger charge is -2.33. The summed E-state index contributed by atoms with van der Waals surface area (Å²) >= 11 is 6.28. The molecule has 3 nitrogen and oxygen atoms in total. The largest absolute Gasteiger partial charge is 0.490 e. The van der Waals surface area contributed by atoms with Crippen LogP contribution >= 0.6 is 11.6 Å². The molecule has 6 atom stereocenters. The van der Waals surface area contributed by atoms with Crippen LogP contribution < -0.4 is 0 Å². The SMILES string of the molecule is C=C1OC2CC(C3=C1C=COC3OC(C)F)[C@H]1c3cc(Cl)ccc3C[C@@H]21. The van der Waals surface area contributed by atoms with E-state index in [0.29, 0.717) is 11.7 Å². The van der Waals surface area contributed by atoms with Crippen molar-refractivity contribution in [1.29, 1.82) is 0 Å². The number of ether oxygens (including phenoxy) is 3. The summed E-state index contributed by atoms with van der Waals surface area (Å²) < 4.78 is 31.0. The molecule has 0 N–H and O–H groups in total. The van der Waals surface area contributed by atoms with Gasteiger partial charge in [0.25, 0.3) is 0 Å². The monoisotopic (exact) mass is 374 g/mol. The topological polar surface area (TPSA) is 27.7 Å². The van der Waals surface area contributed by atoms with Crippen LogP contribution in [-0.4, -0.2) is 18.8 Å². The average Bonchev–Trinajstić information content (AvgIpc) is 3.07. The Morgan fingerprint density at radius 2 is 2.23 bits per heavy atom. The lowest BCUT2D eigenvalue weighted by molar-refractivity contribution is -0.159. The van der Waals surface area contributed by atoms with E-state index in [4.69, 9.17) is 25.8 Å². The first kappa shape index (κ1) is 16.4. The Balaban J connectivity index is 1.63. The van der Waals surface area contributed by atoms with Crippen molar-refractivity contribution < 1.29 is 18.6 Å². The molecule has 136 valence electrons. The van der Waals surface area contributed by atoms with E-state index >= 15 is 0 Å². The molecule has 1 fully saturated rings. The molecular formula is C21H20ClFO3. The van der Waals surface area contributed by atoms with Crippen molar-refractivity contribution in [3.05, 3.63) is 70.2 Å². The first-order valence-electron chi connectivity index (χ1n) is 9.03. The second-order valence-corrected chi connectivity index (χ2v) is 7.91. The maximum atomic E-state index is 13.6. The Morgan fingerprint density at radius 3 is 3.04 bits per heavy atom. The van der Waals surface area contributed by atoms with Crippen LogP contribution in [0.3, 0.4) is 0 Å². The van der Waals surface area contributed by atoms with Gasteiger partial charge in [0.2, 0.25) is 6.29 Å². The van der Waals surface area contributed by atoms with Gasteiger partial charge in [-0.3, -0.25) is 0 Å². The molecule has 5 rings (SSSR count). The number of alkyl halides is 1. The summed E-state index contributed by atoms with van der Waals surface area (Å²) in [7, 11) is 0. The Morgan fingerprint density at radius 1 is 1.38 bits per heavy atom. The highest BCUT2D eigenvalue weighted by molar-refractivity contribution is 6.30. The summed E-state index contributed by atoms with van der Waals surface area (Å²) in [5.41, 5.74) is 4.42. The van der Waals surface area contributed by atoms with Crippen LogP contribution in [0.25, 0.3) is 0 Å². The predicted octanol–water partition coefficient (Wildman–Crippen LogP) is 5.03. The van der Waals surface area contributed by atoms with E-state index in [-0.39, 0.29) is 17.9 Å². The van der Waals surface area contributed by atoms with Gasteiger partial charge in [-0.1, -0.05) is 24.2 Å². The maximum absolute atomic E-state index is 13.6. The molecule has 1 aromatic rings. The summed E-state index contributed by atoms with van der Waals surface area (Å²) in [6, 6.07) is 6.13. The molecule has 4 aliphatic rings. The molecule has 2 heterocycles. The molecule has 26 heavy (non-hydrogen) atoms. The van der Waals surface area contributed by atoms with Crippen LogP contribution in [0.15, 0.2) is 54.0 Å². The third-order valence-electron chi connectivity index (χ3n) is 6.09. The van der Waals surface area contributed by atoms with Gasteiger partial charge in [-0.15, -0.1) is 0 Å². The first-order valence-corrected chi connectivity index (χ1v) is 9.40. The van der Waals surface area contributed by atoms with Gasteiger partial charge in [0, 0.05) is 22.1 Å². The van der Waals surface area contributed by atoms with Gasteiger partial charge in [-0.2, -0.15) is 0 Å². The highest BCUT2D eigenvalue weighted by Gasteiger charge is 2.54. The minimum Gasteiger partial charge on any atom is -0.490 e. The summed E-state index contributed by atoms with van der Waals surface area (Å²) in [5, 5.41) is 0.744. The second-order valence-electron chi connectivity index (χ2n) is 7.48. The smallest absolute Gasteiger partial charge is 0.225 e. The predicted molar refractivity (Wildman–Crippen MR) is 96.2 cm³/mol. The van der Waals surface area contributed by atoms with Crippen LogP contribution in [0.1, 0.15) is 30.4 Å². The molecule has 2 bridgehead atoms. The number of benzene rings is 1. The second kappa shape index (κ2) is 5.86. The van der Waals surface area contributed by atoms with Crippen LogP contribution in [-0.2, 0) is 20.6 Å². The van der Waals surface area contributed by atoms with Crippen LogP contribution in [0, 0.1) is 11.8 Å². The fourth-order valence-corrected chi connectivity index (χ4v) is 5.39. The first-order chi connectivity index (χ1) is 12.5. The number of allylic oxidation sites excluding steroid dienone is 1. The normalized spacial score (nSPS) is 35.2. The summed E-state index contributed by atoms with van der Waals surface area (Å²) in [5.74, 6) is 1.43. The molecule has 0 saturated heterocycles. The minimum atomic E-state index is -1.42. The van der Waals surface area contributed by atoms with Crippen molar-refractivity contribution in [1.82, 2.24) is 0 Å². The van der Waals surface area contributed by atoms with Crippen LogP contribution in [0.5, 0.6) is 0 Å². The standard InChI is InChI=1S/C21H20ClFO3/c1-10-14-5-6-24-21(26-11(2)23)20(14)17-9-18(25-10)16-7-12-3-4-13(22)8-15(12)19(16)17/h3-6,8,11,16-19,21H,1,7,9H2,2H3/t11?,16-,17?,18?,19-,21?/m0/s1. The Kier molecular flexibility index (Phi) is 3.70. The fourth-order valence-electron chi connectivity index (χ4n) is 5.20. The maximum Gasteiger partial charge on any atom is 0.225 e. The molecule has 4 unspecified atom stereocenters.